The minimum Gasteiger partial charge on any atom is -0.393 e. The molecule has 0 aromatic heterocycles. The molecule has 3 heteroatoms. The van der Waals surface area contributed by atoms with Crippen molar-refractivity contribution >= 4 is 0 Å². The Hall–Kier alpha value is -0.380. The van der Waals surface area contributed by atoms with Gasteiger partial charge in [0.05, 0.1) is 6.61 Å². The summed E-state index contributed by atoms with van der Waals surface area (Å²) in [5.74, 6) is 0. The molecule has 3 nitrogen and oxygen atoms in total. The van der Waals surface area contributed by atoms with Crippen LogP contribution in [0.5, 0.6) is 0 Å². The zero-order valence-corrected chi connectivity index (χ0v) is 5.24. The molecule has 0 fully saturated rings. The molecule has 0 radical (unpaired) electrons. The van der Waals surface area contributed by atoms with E-state index in [0.717, 1.165) is 5.57 Å². The van der Waals surface area contributed by atoms with Crippen molar-refractivity contribution in [1.82, 2.24) is 0 Å². The molecule has 2 N–H and O–H groups in total. The highest BCUT2D eigenvalue weighted by molar-refractivity contribution is 5.10. The third-order valence-electron chi connectivity index (χ3n) is 1.32. The summed E-state index contributed by atoms with van der Waals surface area (Å²) in [7, 11) is 0. The summed E-state index contributed by atoms with van der Waals surface area (Å²) in [5, 5.41) is 17.4. The topological polar surface area (TPSA) is 49.7 Å². The van der Waals surface area contributed by atoms with Gasteiger partial charge in [-0.2, -0.15) is 0 Å². The van der Waals surface area contributed by atoms with Crippen LogP contribution in [0, 0.1) is 0 Å². The first kappa shape index (κ1) is 6.74. The van der Waals surface area contributed by atoms with E-state index in [2.05, 4.69) is 0 Å². The molecule has 9 heavy (non-hydrogen) atoms. The molecule has 1 aliphatic rings. The normalized spacial score (nSPS) is 34.8. The highest BCUT2D eigenvalue weighted by atomic mass is 16.6. The van der Waals surface area contributed by atoms with Crippen molar-refractivity contribution in [2.75, 3.05) is 6.61 Å². The predicted octanol–water partition coefficient (Wildman–Crippen LogP) is -0.358. The average molecular weight is 130 g/mol. The quantitative estimate of drug-likeness (QED) is 0.477. The van der Waals surface area contributed by atoms with Gasteiger partial charge in [-0.05, 0) is 18.6 Å². The van der Waals surface area contributed by atoms with Crippen LogP contribution in [0.15, 0.2) is 11.6 Å². The molecule has 0 aromatic rings. The lowest BCUT2D eigenvalue weighted by Crippen LogP contribution is -2.15. The van der Waals surface area contributed by atoms with Crippen molar-refractivity contribution in [2.45, 2.75) is 19.3 Å². The monoisotopic (exact) mass is 130 g/mol. The summed E-state index contributed by atoms with van der Waals surface area (Å²) in [5.41, 5.74) is 0.772. The number of hydrogen-bond donors (Lipinski definition) is 2. The fraction of sp³-hybridized carbons (Fsp3) is 0.667. The Balaban J connectivity index is 2.52. The van der Waals surface area contributed by atoms with Crippen LogP contribution in [0.1, 0.15) is 6.92 Å². The summed E-state index contributed by atoms with van der Waals surface area (Å²) in [4.78, 5) is 0. The molecule has 0 aliphatic carbocycles. The Morgan fingerprint density at radius 1 is 1.78 bits per heavy atom. The number of aliphatic hydroxyl groups is 2. The van der Waals surface area contributed by atoms with Gasteiger partial charge in [0.2, 0.25) is 0 Å². The second kappa shape index (κ2) is 2.47. The maximum atomic E-state index is 8.90. The van der Waals surface area contributed by atoms with Crippen LogP contribution in [0.2, 0.25) is 0 Å². The van der Waals surface area contributed by atoms with E-state index >= 15 is 0 Å². The van der Waals surface area contributed by atoms with Gasteiger partial charge in [0.15, 0.2) is 6.29 Å². The molecular weight excluding hydrogens is 120 g/mol. The van der Waals surface area contributed by atoms with Crippen LogP contribution >= 0.6 is 0 Å². The van der Waals surface area contributed by atoms with E-state index in [9.17, 15) is 0 Å². The van der Waals surface area contributed by atoms with Gasteiger partial charge in [-0.3, -0.25) is 0 Å². The van der Waals surface area contributed by atoms with Crippen molar-refractivity contribution in [3.63, 3.8) is 0 Å². The second-order valence-electron chi connectivity index (χ2n) is 2.12. The van der Waals surface area contributed by atoms with E-state index in [1.807, 2.05) is 0 Å². The van der Waals surface area contributed by atoms with Gasteiger partial charge < -0.3 is 14.9 Å². The average Bonchev–Trinajstić information content (AvgIpc) is 2.13. The first-order valence-corrected chi connectivity index (χ1v) is 2.86. The van der Waals surface area contributed by atoms with Crippen molar-refractivity contribution in [3.05, 3.63) is 11.6 Å². The third kappa shape index (κ3) is 1.30. The van der Waals surface area contributed by atoms with E-state index < -0.39 is 6.29 Å². The zero-order valence-electron chi connectivity index (χ0n) is 5.24. The molecule has 1 rings (SSSR count). The summed E-state index contributed by atoms with van der Waals surface area (Å²) >= 11 is 0. The van der Waals surface area contributed by atoms with Crippen LogP contribution in [-0.2, 0) is 4.74 Å². The highest BCUT2D eigenvalue weighted by Crippen LogP contribution is 2.15. The molecular formula is C6H10O3. The molecule has 0 amide bonds. The molecule has 1 heterocycles. The van der Waals surface area contributed by atoms with Gasteiger partial charge >= 0.3 is 0 Å². The highest BCUT2D eigenvalue weighted by Gasteiger charge is 2.20. The van der Waals surface area contributed by atoms with Gasteiger partial charge in [-0.25, -0.2) is 0 Å². The van der Waals surface area contributed by atoms with Crippen molar-refractivity contribution in [1.29, 1.82) is 0 Å². The van der Waals surface area contributed by atoms with Crippen LogP contribution in [-0.4, -0.2) is 29.2 Å². The van der Waals surface area contributed by atoms with Crippen molar-refractivity contribution < 1.29 is 14.9 Å². The Morgan fingerprint density at radius 2 is 2.44 bits per heavy atom. The van der Waals surface area contributed by atoms with Crippen LogP contribution in [0.25, 0.3) is 0 Å². The maximum absolute atomic E-state index is 8.90. The Kier molecular flexibility index (Phi) is 1.85. The molecule has 0 bridgehead atoms. The third-order valence-corrected chi connectivity index (χ3v) is 1.32. The molecule has 0 saturated carbocycles. The van der Waals surface area contributed by atoms with E-state index in [1.54, 1.807) is 13.0 Å². The number of aliphatic hydroxyl groups excluding tert-OH is 2. The fourth-order valence-electron chi connectivity index (χ4n) is 0.783. The fourth-order valence-corrected chi connectivity index (χ4v) is 0.783. The summed E-state index contributed by atoms with van der Waals surface area (Å²) < 4.78 is 4.84. The Bertz CT molecular complexity index is 130. The van der Waals surface area contributed by atoms with Crippen LogP contribution in [0.4, 0.5) is 0 Å². The molecule has 0 saturated heterocycles. The Morgan fingerprint density at radius 3 is 2.67 bits per heavy atom. The van der Waals surface area contributed by atoms with Gasteiger partial charge in [-0.15, -0.1) is 0 Å². The Labute approximate surface area is 53.6 Å². The van der Waals surface area contributed by atoms with E-state index in [0.29, 0.717) is 0 Å². The lowest BCUT2D eigenvalue weighted by atomic mass is 10.2. The predicted molar refractivity (Wildman–Crippen MR) is 31.7 cm³/mol. The summed E-state index contributed by atoms with van der Waals surface area (Å²) in [6, 6.07) is 0. The smallest absolute Gasteiger partial charge is 0.177 e. The van der Waals surface area contributed by atoms with Gasteiger partial charge in [0.25, 0.3) is 0 Å². The largest absolute Gasteiger partial charge is 0.393 e. The molecule has 0 aromatic carbocycles. The van der Waals surface area contributed by atoms with Crippen LogP contribution < -0.4 is 0 Å². The lowest BCUT2D eigenvalue weighted by Gasteiger charge is -2.06. The summed E-state index contributed by atoms with van der Waals surface area (Å²) in [6.07, 6.45) is 0.604. The molecule has 2 unspecified atom stereocenters. The number of hydrogen-bond acceptors (Lipinski definition) is 3. The zero-order chi connectivity index (χ0) is 6.85. The molecule has 0 spiro atoms. The standard InChI is InChI=1S/C6H10O3/c1-4-2-5(3-7)9-6(4)8/h2,5-8H,3H2,1H3. The first-order valence-electron chi connectivity index (χ1n) is 2.86. The SMILES string of the molecule is CC1=CC(CO)OC1O. The molecule has 52 valence electrons. The minimum atomic E-state index is -0.804. The number of rotatable bonds is 1. The first-order chi connectivity index (χ1) is 4.24. The van der Waals surface area contributed by atoms with Gasteiger partial charge in [0, 0.05) is 0 Å². The molecule has 2 atom stereocenters. The van der Waals surface area contributed by atoms with Crippen LogP contribution in [0.3, 0.4) is 0 Å². The van der Waals surface area contributed by atoms with Gasteiger partial charge in [0.1, 0.15) is 6.10 Å². The van der Waals surface area contributed by atoms with E-state index in [-0.39, 0.29) is 12.7 Å². The minimum absolute atomic E-state index is 0.0611. The second-order valence-corrected chi connectivity index (χ2v) is 2.12. The summed E-state index contributed by atoms with van der Waals surface area (Å²) in [6.45, 7) is 1.70. The maximum Gasteiger partial charge on any atom is 0.177 e. The van der Waals surface area contributed by atoms with Crippen molar-refractivity contribution in [2.24, 2.45) is 0 Å². The number of ether oxygens (including phenoxy) is 1. The van der Waals surface area contributed by atoms with E-state index in [1.165, 1.54) is 0 Å². The van der Waals surface area contributed by atoms with Gasteiger partial charge in [-0.1, -0.05) is 0 Å². The van der Waals surface area contributed by atoms with Crippen molar-refractivity contribution in [3.8, 4) is 0 Å². The molecule has 1 aliphatic heterocycles. The lowest BCUT2D eigenvalue weighted by molar-refractivity contribution is -0.0907. The van der Waals surface area contributed by atoms with E-state index in [4.69, 9.17) is 14.9 Å².